The van der Waals surface area contributed by atoms with Gasteiger partial charge in [0, 0.05) is 0 Å². The third-order valence-electron chi connectivity index (χ3n) is 3.95. The first-order chi connectivity index (χ1) is 13.7. The summed E-state index contributed by atoms with van der Waals surface area (Å²) in [5.74, 6) is 1.24. The molecule has 0 aliphatic carbocycles. The van der Waals surface area contributed by atoms with Crippen LogP contribution in [0.3, 0.4) is 0 Å². The van der Waals surface area contributed by atoms with E-state index in [0.717, 1.165) is 14.7 Å². The van der Waals surface area contributed by atoms with Gasteiger partial charge in [0.05, 0.1) is 37.0 Å². The summed E-state index contributed by atoms with van der Waals surface area (Å²) in [6.45, 7) is 6.20. The fourth-order valence-corrected chi connectivity index (χ4v) is 3.52. The molecule has 0 aliphatic rings. The summed E-state index contributed by atoms with van der Waals surface area (Å²) < 4.78 is 23.1. The maximum atomic E-state index is 12.4. The maximum absolute atomic E-state index is 12.4. The van der Waals surface area contributed by atoms with Crippen molar-refractivity contribution in [2.45, 2.75) is 39.0 Å². The number of carbonyl (C=O) groups is 1. The number of ether oxygens (including phenoxy) is 4. The first-order valence-corrected chi connectivity index (χ1v) is 10.3. The van der Waals surface area contributed by atoms with E-state index in [2.05, 4.69) is 27.9 Å². The zero-order valence-electron chi connectivity index (χ0n) is 17.5. The average molecular weight is 513 g/mol. The van der Waals surface area contributed by atoms with Crippen LogP contribution in [-0.2, 0) is 16.1 Å². The lowest BCUT2D eigenvalue weighted by molar-refractivity contribution is 0.0427. The summed E-state index contributed by atoms with van der Waals surface area (Å²) in [5, 5.41) is 2.91. The van der Waals surface area contributed by atoms with Crippen molar-refractivity contribution in [2.75, 3.05) is 20.8 Å². The number of amides is 1. The first kappa shape index (κ1) is 23.3. The van der Waals surface area contributed by atoms with Gasteiger partial charge in [-0.1, -0.05) is 30.3 Å². The molecule has 0 radical (unpaired) electrons. The van der Waals surface area contributed by atoms with Gasteiger partial charge in [-0.25, -0.2) is 4.79 Å². The lowest BCUT2D eigenvalue weighted by Gasteiger charge is -2.24. The first-order valence-electron chi connectivity index (χ1n) is 9.26. The second-order valence-electron chi connectivity index (χ2n) is 7.44. The van der Waals surface area contributed by atoms with Crippen molar-refractivity contribution < 1.29 is 23.7 Å². The summed E-state index contributed by atoms with van der Waals surface area (Å²) in [7, 11) is 3.18. The Balaban J connectivity index is 2.21. The molecular formula is C22H28INO5. The van der Waals surface area contributed by atoms with Crippen molar-refractivity contribution in [3.63, 3.8) is 0 Å². The van der Waals surface area contributed by atoms with E-state index >= 15 is 0 Å². The van der Waals surface area contributed by atoms with Gasteiger partial charge in [-0.3, -0.25) is 0 Å². The maximum Gasteiger partial charge on any atom is 0.408 e. The van der Waals surface area contributed by atoms with Gasteiger partial charge in [-0.05, 0) is 66.6 Å². The Kier molecular flexibility index (Phi) is 8.58. The van der Waals surface area contributed by atoms with Crippen LogP contribution < -0.4 is 14.8 Å². The van der Waals surface area contributed by atoms with E-state index in [9.17, 15) is 4.79 Å². The SMILES string of the molecule is COc1cc([C@H](COCc2ccccc2)NC(=O)OC(C)(C)C)cc(I)c1OC. The number of carbonyl (C=O) groups excluding carboxylic acids is 1. The fourth-order valence-electron chi connectivity index (χ4n) is 2.68. The lowest BCUT2D eigenvalue weighted by Crippen LogP contribution is -2.36. The molecular weight excluding hydrogens is 485 g/mol. The molecule has 0 bridgehead atoms. The topological polar surface area (TPSA) is 66.0 Å². The Labute approximate surface area is 186 Å². The normalized spacial score (nSPS) is 12.2. The van der Waals surface area contributed by atoms with Gasteiger partial charge in [0.2, 0.25) is 0 Å². The number of benzene rings is 2. The predicted octanol–water partition coefficient (Wildman–Crippen LogP) is 5.09. The molecule has 2 aromatic rings. The molecule has 0 fully saturated rings. The standard InChI is InChI=1S/C22H28INO5/c1-22(2,3)29-21(25)24-18(14-28-13-15-9-7-6-8-10-15)16-11-17(23)20(27-5)19(12-16)26-4/h6-12,18H,13-14H2,1-5H3,(H,24,25)/t18-/m0/s1. The van der Waals surface area contributed by atoms with E-state index in [-0.39, 0.29) is 6.61 Å². The summed E-state index contributed by atoms with van der Waals surface area (Å²) >= 11 is 2.18. The number of hydrogen-bond donors (Lipinski definition) is 1. The van der Waals surface area contributed by atoms with Crippen LogP contribution >= 0.6 is 22.6 Å². The van der Waals surface area contributed by atoms with E-state index < -0.39 is 17.7 Å². The Morgan fingerprint density at radius 3 is 2.38 bits per heavy atom. The number of halogens is 1. The zero-order chi connectivity index (χ0) is 21.4. The molecule has 0 unspecified atom stereocenters. The molecule has 158 valence electrons. The number of rotatable bonds is 8. The van der Waals surface area contributed by atoms with Gasteiger partial charge >= 0.3 is 6.09 Å². The van der Waals surface area contributed by atoms with Crippen LogP contribution in [0.2, 0.25) is 0 Å². The number of nitrogens with one attached hydrogen (secondary N) is 1. The molecule has 0 aliphatic heterocycles. The molecule has 0 heterocycles. The van der Waals surface area contributed by atoms with Gasteiger partial charge in [0.15, 0.2) is 11.5 Å². The second kappa shape index (κ2) is 10.7. The largest absolute Gasteiger partial charge is 0.493 e. The summed E-state index contributed by atoms with van der Waals surface area (Å²) in [6.07, 6.45) is -0.504. The Hall–Kier alpha value is -2.00. The minimum atomic E-state index is -0.592. The van der Waals surface area contributed by atoms with Gasteiger partial charge in [0.25, 0.3) is 0 Å². The van der Waals surface area contributed by atoms with Crippen molar-refractivity contribution in [1.82, 2.24) is 5.32 Å². The molecule has 0 aromatic heterocycles. The fraction of sp³-hybridized carbons (Fsp3) is 0.409. The Morgan fingerprint density at radius 1 is 1.10 bits per heavy atom. The van der Waals surface area contributed by atoms with E-state index in [4.69, 9.17) is 18.9 Å². The highest BCUT2D eigenvalue weighted by atomic mass is 127. The van der Waals surface area contributed by atoms with Gasteiger partial charge in [-0.2, -0.15) is 0 Å². The minimum Gasteiger partial charge on any atom is -0.493 e. The monoisotopic (exact) mass is 513 g/mol. The van der Waals surface area contributed by atoms with E-state index in [1.54, 1.807) is 14.2 Å². The van der Waals surface area contributed by atoms with Crippen molar-refractivity contribution in [3.8, 4) is 11.5 Å². The van der Waals surface area contributed by atoms with Crippen molar-refractivity contribution in [2.24, 2.45) is 0 Å². The predicted molar refractivity (Wildman–Crippen MR) is 120 cm³/mol. The highest BCUT2D eigenvalue weighted by molar-refractivity contribution is 14.1. The smallest absolute Gasteiger partial charge is 0.408 e. The molecule has 2 aromatic carbocycles. The molecule has 0 spiro atoms. The van der Waals surface area contributed by atoms with Gasteiger partial charge in [0.1, 0.15) is 5.60 Å². The van der Waals surface area contributed by atoms with Crippen LogP contribution in [0, 0.1) is 3.57 Å². The van der Waals surface area contributed by atoms with Crippen LogP contribution in [0.4, 0.5) is 4.79 Å². The minimum absolute atomic E-state index is 0.277. The molecule has 1 amide bonds. The summed E-state index contributed by atoms with van der Waals surface area (Å²) in [5.41, 5.74) is 1.31. The highest BCUT2D eigenvalue weighted by Gasteiger charge is 2.23. The lowest BCUT2D eigenvalue weighted by atomic mass is 10.1. The molecule has 7 heteroatoms. The van der Waals surface area contributed by atoms with Gasteiger partial charge in [-0.15, -0.1) is 0 Å². The highest BCUT2D eigenvalue weighted by Crippen LogP contribution is 2.35. The van der Waals surface area contributed by atoms with E-state index in [1.165, 1.54) is 0 Å². The Morgan fingerprint density at radius 2 is 1.79 bits per heavy atom. The third-order valence-corrected chi connectivity index (χ3v) is 4.75. The summed E-state index contributed by atoms with van der Waals surface area (Å²) in [6, 6.07) is 13.2. The van der Waals surface area contributed by atoms with E-state index in [1.807, 2.05) is 63.2 Å². The van der Waals surface area contributed by atoms with Crippen molar-refractivity contribution in [3.05, 3.63) is 57.2 Å². The third kappa shape index (κ3) is 7.40. The van der Waals surface area contributed by atoms with E-state index in [0.29, 0.717) is 18.1 Å². The van der Waals surface area contributed by atoms with Crippen molar-refractivity contribution in [1.29, 1.82) is 0 Å². The molecule has 0 saturated carbocycles. The summed E-state index contributed by atoms with van der Waals surface area (Å²) in [4.78, 5) is 12.4. The Bertz CT molecular complexity index is 805. The number of hydrogen-bond acceptors (Lipinski definition) is 5. The van der Waals surface area contributed by atoms with Gasteiger partial charge < -0.3 is 24.3 Å². The van der Waals surface area contributed by atoms with Crippen LogP contribution in [0.25, 0.3) is 0 Å². The quantitative estimate of drug-likeness (QED) is 0.499. The van der Waals surface area contributed by atoms with Crippen LogP contribution in [0.15, 0.2) is 42.5 Å². The molecule has 1 N–H and O–H groups in total. The van der Waals surface area contributed by atoms with Crippen molar-refractivity contribution >= 4 is 28.7 Å². The van der Waals surface area contributed by atoms with Crippen LogP contribution in [0.1, 0.15) is 37.9 Å². The number of alkyl carbamates (subject to hydrolysis) is 1. The molecule has 29 heavy (non-hydrogen) atoms. The van der Waals surface area contributed by atoms with Crippen LogP contribution in [-0.4, -0.2) is 32.5 Å². The van der Waals surface area contributed by atoms with Crippen LogP contribution in [0.5, 0.6) is 11.5 Å². The second-order valence-corrected chi connectivity index (χ2v) is 8.60. The average Bonchev–Trinajstić information content (AvgIpc) is 2.66. The number of methoxy groups -OCH3 is 2. The molecule has 6 nitrogen and oxygen atoms in total. The molecule has 1 atom stereocenters. The molecule has 2 rings (SSSR count). The zero-order valence-corrected chi connectivity index (χ0v) is 19.6. The molecule has 0 saturated heterocycles.